The van der Waals surface area contributed by atoms with Gasteiger partial charge in [0.1, 0.15) is 11.4 Å². The molecule has 6 heteroatoms. The highest BCUT2D eigenvalue weighted by Gasteiger charge is 2.21. The number of aromatic amines is 1. The monoisotopic (exact) mass is 468 g/mol. The Labute approximate surface area is 202 Å². The number of nitrogens with zero attached hydrogens (tertiary/aromatic N) is 1. The zero-order valence-electron chi connectivity index (χ0n) is 19.6. The summed E-state index contributed by atoms with van der Waals surface area (Å²) in [6.07, 6.45) is 2.83. The average Bonchev–Trinajstić information content (AvgIpc) is 3.26. The minimum Gasteiger partial charge on any atom is -0.493 e. The predicted molar refractivity (Wildman–Crippen MR) is 135 cm³/mol. The third kappa shape index (κ3) is 4.35. The third-order valence-corrected chi connectivity index (χ3v) is 6.27. The number of benzene rings is 3. The van der Waals surface area contributed by atoms with Gasteiger partial charge in [-0.2, -0.15) is 4.39 Å². The lowest BCUT2D eigenvalue weighted by Crippen LogP contribution is -2.07. The van der Waals surface area contributed by atoms with E-state index in [-0.39, 0.29) is 0 Å². The van der Waals surface area contributed by atoms with Gasteiger partial charge in [0.15, 0.2) is 0 Å². The number of hydrogen-bond donors (Lipinski definition) is 1. The highest BCUT2D eigenvalue weighted by atomic mass is 19.1. The first kappa shape index (κ1) is 22.6. The number of aromatic nitrogens is 2. The molecule has 0 amide bonds. The number of carbonyl (C=O) groups excluding carboxylic acids is 1. The minimum atomic E-state index is -0.548. The number of halogens is 1. The molecule has 2 heterocycles. The van der Waals surface area contributed by atoms with Gasteiger partial charge in [-0.25, -0.2) is 9.78 Å². The second-order valence-corrected chi connectivity index (χ2v) is 8.45. The molecule has 0 radical (unpaired) electrons. The molecule has 2 aromatic heterocycles. The van der Waals surface area contributed by atoms with Crippen LogP contribution < -0.4 is 4.74 Å². The molecule has 0 saturated carbocycles. The standard InChI is InChI=1S/C29H25FN2O3/c1-18-17-31-26(30)16-24(18)23-12-6-11-21-22(28(29(33)34-2)32-27(21)23)13-7-15-35-25-14-5-9-19-8-3-4-10-20(19)25/h3-6,8-12,14,16-17,32H,7,13,15H2,1-2H3. The molecule has 176 valence electrons. The molecule has 0 aliphatic heterocycles. The van der Waals surface area contributed by atoms with Crippen LogP contribution in [0.25, 0.3) is 32.8 Å². The Morgan fingerprint density at radius 3 is 2.63 bits per heavy atom. The molecule has 0 aliphatic rings. The second kappa shape index (κ2) is 9.58. The maximum atomic E-state index is 13.9. The molecule has 35 heavy (non-hydrogen) atoms. The fraction of sp³-hybridized carbons (Fsp3) is 0.172. The van der Waals surface area contributed by atoms with Gasteiger partial charge in [-0.05, 0) is 47.9 Å². The largest absolute Gasteiger partial charge is 0.493 e. The number of aryl methyl sites for hydroxylation is 2. The summed E-state index contributed by atoms with van der Waals surface area (Å²) < 4.78 is 25.1. The summed E-state index contributed by atoms with van der Waals surface area (Å²) in [5.74, 6) is -0.143. The lowest BCUT2D eigenvalue weighted by atomic mass is 9.98. The van der Waals surface area contributed by atoms with E-state index in [1.807, 2.05) is 55.5 Å². The molecule has 5 aromatic rings. The first-order valence-corrected chi connectivity index (χ1v) is 11.5. The van der Waals surface area contributed by atoms with Crippen LogP contribution in [0.15, 0.2) is 72.9 Å². The van der Waals surface area contributed by atoms with E-state index in [9.17, 15) is 9.18 Å². The van der Waals surface area contributed by atoms with Crippen LogP contribution >= 0.6 is 0 Å². The molecular formula is C29H25FN2O3. The summed E-state index contributed by atoms with van der Waals surface area (Å²) in [4.78, 5) is 19.6. The summed E-state index contributed by atoms with van der Waals surface area (Å²) in [6.45, 7) is 2.38. The van der Waals surface area contributed by atoms with Crippen molar-refractivity contribution in [2.75, 3.05) is 13.7 Å². The van der Waals surface area contributed by atoms with Crippen molar-refractivity contribution in [3.63, 3.8) is 0 Å². The topological polar surface area (TPSA) is 64.2 Å². The van der Waals surface area contributed by atoms with Crippen molar-refractivity contribution in [2.24, 2.45) is 0 Å². The van der Waals surface area contributed by atoms with Crippen LogP contribution in [0.2, 0.25) is 0 Å². The van der Waals surface area contributed by atoms with Gasteiger partial charge in [0, 0.05) is 28.6 Å². The first-order chi connectivity index (χ1) is 17.1. The van der Waals surface area contributed by atoms with E-state index >= 15 is 0 Å². The number of esters is 1. The van der Waals surface area contributed by atoms with Gasteiger partial charge in [-0.15, -0.1) is 0 Å². The number of nitrogens with one attached hydrogen (secondary N) is 1. The van der Waals surface area contributed by atoms with Crippen LogP contribution in [0.1, 0.15) is 28.0 Å². The van der Waals surface area contributed by atoms with Crippen LogP contribution in [0.3, 0.4) is 0 Å². The molecule has 3 aromatic carbocycles. The van der Waals surface area contributed by atoms with Crippen molar-refractivity contribution in [2.45, 2.75) is 19.8 Å². The Kier molecular flexibility index (Phi) is 6.19. The van der Waals surface area contributed by atoms with Gasteiger partial charge in [0.05, 0.1) is 19.2 Å². The molecule has 0 atom stereocenters. The Hall–Kier alpha value is -4.19. The first-order valence-electron chi connectivity index (χ1n) is 11.5. The van der Waals surface area contributed by atoms with Gasteiger partial charge in [0.2, 0.25) is 5.95 Å². The third-order valence-electron chi connectivity index (χ3n) is 6.27. The maximum absolute atomic E-state index is 13.9. The SMILES string of the molecule is COC(=O)c1[nH]c2c(-c3cc(F)ncc3C)cccc2c1CCCOc1cccc2ccccc12. The lowest BCUT2D eigenvalue weighted by Gasteiger charge is -2.10. The van der Waals surface area contributed by atoms with Gasteiger partial charge in [0.25, 0.3) is 0 Å². The zero-order valence-corrected chi connectivity index (χ0v) is 19.6. The van der Waals surface area contributed by atoms with Gasteiger partial charge in [-0.3, -0.25) is 0 Å². The zero-order chi connectivity index (χ0) is 24.4. The average molecular weight is 469 g/mol. The minimum absolute atomic E-state index is 0.410. The second-order valence-electron chi connectivity index (χ2n) is 8.45. The Morgan fingerprint density at radius 1 is 1.00 bits per heavy atom. The van der Waals surface area contributed by atoms with Crippen molar-refractivity contribution in [1.82, 2.24) is 9.97 Å². The molecule has 0 bridgehead atoms. The summed E-state index contributed by atoms with van der Waals surface area (Å²) >= 11 is 0. The van der Waals surface area contributed by atoms with Crippen LogP contribution in [0.5, 0.6) is 5.75 Å². The number of para-hydroxylation sites is 1. The molecule has 0 unspecified atom stereocenters. The van der Waals surface area contributed by atoms with E-state index in [0.717, 1.165) is 49.7 Å². The van der Waals surface area contributed by atoms with Crippen molar-refractivity contribution >= 4 is 27.6 Å². The Bertz CT molecular complexity index is 1540. The fourth-order valence-electron chi connectivity index (χ4n) is 4.58. The van der Waals surface area contributed by atoms with E-state index in [1.165, 1.54) is 19.4 Å². The quantitative estimate of drug-likeness (QED) is 0.165. The summed E-state index contributed by atoms with van der Waals surface area (Å²) in [5, 5.41) is 3.11. The molecular weight excluding hydrogens is 443 g/mol. The summed E-state index contributed by atoms with van der Waals surface area (Å²) in [5.41, 5.74) is 4.43. The number of methoxy groups -OCH3 is 1. The Balaban J connectivity index is 1.45. The molecule has 5 nitrogen and oxygen atoms in total. The molecule has 5 rings (SSSR count). The number of pyridine rings is 1. The normalized spacial score (nSPS) is 11.2. The highest BCUT2D eigenvalue weighted by molar-refractivity contribution is 6.03. The molecule has 0 aliphatic carbocycles. The van der Waals surface area contributed by atoms with E-state index in [1.54, 1.807) is 0 Å². The molecule has 0 saturated heterocycles. The van der Waals surface area contributed by atoms with Gasteiger partial charge < -0.3 is 14.5 Å². The van der Waals surface area contributed by atoms with Crippen molar-refractivity contribution < 1.29 is 18.7 Å². The number of carbonyl (C=O) groups is 1. The van der Waals surface area contributed by atoms with E-state index < -0.39 is 11.9 Å². The van der Waals surface area contributed by atoms with E-state index in [2.05, 4.69) is 22.1 Å². The number of H-pyrrole nitrogens is 1. The summed E-state index contributed by atoms with van der Waals surface area (Å²) in [7, 11) is 1.37. The fourth-order valence-corrected chi connectivity index (χ4v) is 4.58. The Morgan fingerprint density at radius 2 is 1.77 bits per heavy atom. The molecule has 0 spiro atoms. The lowest BCUT2D eigenvalue weighted by molar-refractivity contribution is 0.0593. The van der Waals surface area contributed by atoms with E-state index in [0.29, 0.717) is 25.1 Å². The van der Waals surface area contributed by atoms with Crippen molar-refractivity contribution in [3.8, 4) is 16.9 Å². The summed E-state index contributed by atoms with van der Waals surface area (Å²) in [6, 6.07) is 21.3. The van der Waals surface area contributed by atoms with E-state index in [4.69, 9.17) is 9.47 Å². The number of hydrogen-bond acceptors (Lipinski definition) is 4. The number of ether oxygens (including phenoxy) is 2. The smallest absolute Gasteiger partial charge is 0.354 e. The van der Waals surface area contributed by atoms with Gasteiger partial charge in [-0.1, -0.05) is 54.6 Å². The highest BCUT2D eigenvalue weighted by Crippen LogP contribution is 2.34. The van der Waals surface area contributed by atoms with Crippen molar-refractivity contribution in [1.29, 1.82) is 0 Å². The van der Waals surface area contributed by atoms with Gasteiger partial charge >= 0.3 is 5.97 Å². The van der Waals surface area contributed by atoms with Crippen LogP contribution in [0, 0.1) is 12.9 Å². The van der Waals surface area contributed by atoms with Crippen molar-refractivity contribution in [3.05, 3.63) is 95.7 Å². The predicted octanol–water partition coefficient (Wildman–Crippen LogP) is 6.63. The van der Waals surface area contributed by atoms with Crippen LogP contribution in [0.4, 0.5) is 4.39 Å². The molecule has 0 fully saturated rings. The molecule has 1 N–H and O–H groups in total. The number of fused-ring (bicyclic) bond motifs is 2. The maximum Gasteiger partial charge on any atom is 0.354 e. The van der Waals surface area contributed by atoms with Crippen LogP contribution in [-0.4, -0.2) is 29.7 Å². The van der Waals surface area contributed by atoms with Crippen LogP contribution in [-0.2, 0) is 11.2 Å². The number of rotatable bonds is 7.